The Morgan fingerprint density at radius 1 is 1.04 bits per heavy atom. The number of hydrogen-bond donors (Lipinski definition) is 2. The molecule has 1 saturated heterocycles. The van der Waals surface area contributed by atoms with Crippen LogP contribution in [0.4, 0.5) is 0 Å². The molecule has 7 nitrogen and oxygen atoms in total. The zero-order valence-electron chi connectivity index (χ0n) is 14.3. The van der Waals surface area contributed by atoms with Gasteiger partial charge in [-0.1, -0.05) is 34.8 Å². The van der Waals surface area contributed by atoms with Crippen LogP contribution < -0.4 is 10.1 Å². The van der Waals surface area contributed by atoms with Crippen molar-refractivity contribution in [2.45, 2.75) is 4.90 Å². The van der Waals surface area contributed by atoms with E-state index in [4.69, 9.17) is 39.5 Å². The minimum absolute atomic E-state index is 0.119. The molecule has 11 heteroatoms. The predicted molar refractivity (Wildman–Crippen MR) is 107 cm³/mol. The second kappa shape index (κ2) is 8.44. The summed E-state index contributed by atoms with van der Waals surface area (Å²) >= 11 is 18.0. The summed E-state index contributed by atoms with van der Waals surface area (Å²) in [5.41, 5.74) is -0.341. The largest absolute Gasteiger partial charge is 0.478 e. The van der Waals surface area contributed by atoms with E-state index in [1.165, 1.54) is 22.5 Å². The number of nitrogens with one attached hydrogen (secondary N) is 1. The van der Waals surface area contributed by atoms with Gasteiger partial charge in [0.05, 0.1) is 10.6 Å². The van der Waals surface area contributed by atoms with E-state index in [-0.39, 0.29) is 40.1 Å². The first-order valence-electron chi connectivity index (χ1n) is 8.10. The number of carboxylic acid groups (broad SMARTS) is 1. The lowest BCUT2D eigenvalue weighted by Crippen LogP contribution is -2.46. The van der Waals surface area contributed by atoms with E-state index in [0.29, 0.717) is 23.1 Å². The summed E-state index contributed by atoms with van der Waals surface area (Å²) in [5.74, 6) is -1.28. The van der Waals surface area contributed by atoms with Crippen LogP contribution in [0.5, 0.6) is 11.5 Å². The topological polar surface area (TPSA) is 95.9 Å². The fraction of sp³-hybridized carbons (Fsp3) is 0.235. The maximum Gasteiger partial charge on any atom is 0.337 e. The van der Waals surface area contributed by atoms with Crippen LogP contribution in [0.2, 0.25) is 15.1 Å². The average molecular weight is 466 g/mol. The van der Waals surface area contributed by atoms with Gasteiger partial charge in [0.1, 0.15) is 16.4 Å². The Bertz CT molecular complexity index is 1000. The van der Waals surface area contributed by atoms with Gasteiger partial charge in [0, 0.05) is 42.3 Å². The fourth-order valence-electron chi connectivity index (χ4n) is 2.72. The first kappa shape index (κ1) is 21.2. The Kier molecular flexibility index (Phi) is 6.38. The van der Waals surface area contributed by atoms with Crippen molar-refractivity contribution in [2.24, 2.45) is 0 Å². The lowest BCUT2D eigenvalue weighted by molar-refractivity contribution is 0.0697. The van der Waals surface area contributed by atoms with Gasteiger partial charge in [-0.3, -0.25) is 0 Å². The molecule has 2 aromatic carbocycles. The van der Waals surface area contributed by atoms with Gasteiger partial charge in [-0.2, -0.15) is 4.31 Å². The van der Waals surface area contributed by atoms with Gasteiger partial charge in [0.2, 0.25) is 10.0 Å². The van der Waals surface area contributed by atoms with Gasteiger partial charge >= 0.3 is 5.97 Å². The summed E-state index contributed by atoms with van der Waals surface area (Å²) in [5, 5.41) is 12.8. The van der Waals surface area contributed by atoms with Crippen LogP contribution in [0.1, 0.15) is 10.4 Å². The smallest absolute Gasteiger partial charge is 0.337 e. The fourth-order valence-corrected chi connectivity index (χ4v) is 5.02. The molecular formula is C17H15Cl3N2O5S. The molecule has 2 aromatic rings. The van der Waals surface area contributed by atoms with Gasteiger partial charge in [-0.15, -0.1) is 0 Å². The molecule has 0 bridgehead atoms. The summed E-state index contributed by atoms with van der Waals surface area (Å²) in [6.45, 7) is 1.46. The quantitative estimate of drug-likeness (QED) is 0.698. The van der Waals surface area contributed by atoms with Crippen molar-refractivity contribution in [3.63, 3.8) is 0 Å². The average Bonchev–Trinajstić information content (AvgIpc) is 2.61. The third-order valence-corrected chi connectivity index (χ3v) is 6.69. The lowest BCUT2D eigenvalue weighted by Gasteiger charge is -2.27. The minimum atomic E-state index is -4.03. The van der Waals surface area contributed by atoms with E-state index in [2.05, 4.69) is 5.32 Å². The number of aromatic carboxylic acids is 1. The van der Waals surface area contributed by atoms with Gasteiger partial charge in [-0.25, -0.2) is 13.2 Å². The van der Waals surface area contributed by atoms with Crippen LogP contribution in [0.3, 0.4) is 0 Å². The molecule has 0 spiro atoms. The van der Waals surface area contributed by atoms with E-state index in [0.717, 1.165) is 12.1 Å². The van der Waals surface area contributed by atoms with Gasteiger partial charge in [0.15, 0.2) is 0 Å². The molecule has 2 N–H and O–H groups in total. The molecule has 1 aliphatic heterocycles. The monoisotopic (exact) mass is 464 g/mol. The highest BCUT2D eigenvalue weighted by Crippen LogP contribution is 2.37. The molecule has 3 rings (SSSR count). The number of sulfonamides is 1. The van der Waals surface area contributed by atoms with E-state index in [1.54, 1.807) is 0 Å². The van der Waals surface area contributed by atoms with Crippen LogP contribution in [0.25, 0.3) is 0 Å². The molecule has 0 aliphatic carbocycles. The SMILES string of the molecule is O=C(O)c1cc(S(=O)(=O)N2CCNCC2)c(Oc2cc(Cl)cc(Cl)c2)cc1Cl. The summed E-state index contributed by atoms with van der Waals surface area (Å²) in [4.78, 5) is 11.2. The number of ether oxygens (including phenoxy) is 1. The molecule has 28 heavy (non-hydrogen) atoms. The number of carboxylic acids is 1. The molecular weight excluding hydrogens is 451 g/mol. The predicted octanol–water partition coefficient (Wildman–Crippen LogP) is 3.73. The van der Waals surface area contributed by atoms with Crippen molar-refractivity contribution in [1.29, 1.82) is 0 Å². The minimum Gasteiger partial charge on any atom is -0.478 e. The third-order valence-electron chi connectivity index (χ3n) is 4.02. The second-order valence-electron chi connectivity index (χ2n) is 5.95. The maximum atomic E-state index is 13.1. The summed E-state index contributed by atoms with van der Waals surface area (Å²) in [6.07, 6.45) is 0. The zero-order valence-corrected chi connectivity index (χ0v) is 17.4. The molecule has 0 saturated carbocycles. The molecule has 150 valence electrons. The van der Waals surface area contributed by atoms with E-state index < -0.39 is 16.0 Å². The highest BCUT2D eigenvalue weighted by atomic mass is 35.5. The van der Waals surface area contributed by atoms with Crippen molar-refractivity contribution in [2.75, 3.05) is 26.2 Å². The number of rotatable bonds is 5. The number of benzene rings is 2. The zero-order chi connectivity index (χ0) is 20.5. The number of halogens is 3. The van der Waals surface area contributed by atoms with Crippen molar-refractivity contribution in [1.82, 2.24) is 9.62 Å². The number of carbonyl (C=O) groups is 1. The Balaban J connectivity index is 2.12. The molecule has 0 radical (unpaired) electrons. The number of nitrogens with zero attached hydrogens (tertiary/aromatic N) is 1. The highest BCUT2D eigenvalue weighted by molar-refractivity contribution is 7.89. The Hall–Kier alpha value is -1.55. The molecule has 0 aromatic heterocycles. The molecule has 1 aliphatic rings. The van der Waals surface area contributed by atoms with Crippen LogP contribution in [0.15, 0.2) is 35.2 Å². The van der Waals surface area contributed by atoms with Gasteiger partial charge in [0.25, 0.3) is 0 Å². The van der Waals surface area contributed by atoms with E-state index in [9.17, 15) is 18.3 Å². The summed E-state index contributed by atoms with van der Waals surface area (Å²) in [7, 11) is -4.03. The first-order chi connectivity index (χ1) is 13.2. The van der Waals surface area contributed by atoms with Crippen molar-refractivity contribution < 1.29 is 23.1 Å². The molecule has 0 unspecified atom stereocenters. The number of piperazine rings is 1. The van der Waals surface area contributed by atoms with Crippen molar-refractivity contribution in [3.05, 3.63) is 51.0 Å². The Morgan fingerprint density at radius 3 is 2.21 bits per heavy atom. The van der Waals surface area contributed by atoms with Gasteiger partial charge < -0.3 is 15.2 Å². The number of hydrogen-bond acceptors (Lipinski definition) is 5. The van der Waals surface area contributed by atoms with Crippen LogP contribution in [-0.4, -0.2) is 50.0 Å². The van der Waals surface area contributed by atoms with Gasteiger partial charge in [-0.05, 0) is 24.3 Å². The Morgan fingerprint density at radius 2 is 1.64 bits per heavy atom. The molecule has 1 heterocycles. The standard InChI is InChI=1S/C17H15Cl3N2O5S/c18-10-5-11(19)7-12(6-10)27-15-9-14(20)13(17(23)24)8-16(15)28(25,26)22-3-1-21-2-4-22/h5-9,21H,1-4H2,(H,23,24). The van der Waals surface area contributed by atoms with Crippen molar-refractivity contribution in [3.8, 4) is 11.5 Å². The third kappa shape index (κ3) is 4.53. The van der Waals surface area contributed by atoms with Crippen molar-refractivity contribution >= 4 is 50.8 Å². The lowest BCUT2D eigenvalue weighted by atomic mass is 10.2. The summed E-state index contributed by atoms with van der Waals surface area (Å²) in [6, 6.07) is 6.56. The van der Waals surface area contributed by atoms with E-state index in [1.807, 2.05) is 0 Å². The van der Waals surface area contributed by atoms with Crippen LogP contribution in [0, 0.1) is 0 Å². The highest BCUT2D eigenvalue weighted by Gasteiger charge is 2.31. The molecule has 0 amide bonds. The second-order valence-corrected chi connectivity index (χ2v) is 9.13. The Labute approximate surface area is 176 Å². The molecule has 1 fully saturated rings. The van der Waals surface area contributed by atoms with Crippen LogP contribution >= 0.6 is 34.8 Å². The van der Waals surface area contributed by atoms with Crippen LogP contribution in [-0.2, 0) is 10.0 Å². The van der Waals surface area contributed by atoms with E-state index >= 15 is 0 Å². The first-order valence-corrected chi connectivity index (χ1v) is 10.7. The maximum absolute atomic E-state index is 13.1. The normalized spacial score (nSPS) is 15.4. The summed E-state index contributed by atoms with van der Waals surface area (Å²) < 4.78 is 33.3. The molecule has 0 atom stereocenters.